The van der Waals surface area contributed by atoms with Gasteiger partial charge in [-0.15, -0.1) is 0 Å². The van der Waals surface area contributed by atoms with E-state index < -0.39 is 17.9 Å². The smallest absolute Gasteiger partial charge is 0.307 e. The first kappa shape index (κ1) is 19.0. The van der Waals surface area contributed by atoms with Crippen molar-refractivity contribution >= 4 is 40.2 Å². The summed E-state index contributed by atoms with van der Waals surface area (Å²) in [5.41, 5.74) is 3.73. The number of carbonyl (C=O) groups excluding carboxylic acids is 3. The molecule has 1 saturated heterocycles. The fourth-order valence-electron chi connectivity index (χ4n) is 4.47. The van der Waals surface area contributed by atoms with Crippen molar-refractivity contribution < 1.29 is 24.3 Å². The lowest BCUT2D eigenvalue weighted by Crippen LogP contribution is -2.53. The number of benzene rings is 3. The highest BCUT2D eigenvalue weighted by atomic mass is 16.4. The van der Waals surface area contributed by atoms with E-state index in [4.69, 9.17) is 5.11 Å². The quantitative estimate of drug-likeness (QED) is 0.639. The van der Waals surface area contributed by atoms with E-state index in [1.807, 2.05) is 36.4 Å². The van der Waals surface area contributed by atoms with Crippen LogP contribution in [-0.2, 0) is 20.8 Å². The zero-order valence-corrected chi connectivity index (χ0v) is 16.4. The number of hydrogen-bond acceptors (Lipinski definition) is 4. The van der Waals surface area contributed by atoms with Crippen LogP contribution in [0, 0.1) is 0 Å². The first-order chi connectivity index (χ1) is 14.9. The number of hydrogen-bond donors (Lipinski definition) is 2. The number of aliphatic carboxylic acids is 1. The molecule has 0 bridgehead atoms. The van der Waals surface area contributed by atoms with E-state index in [9.17, 15) is 19.2 Å². The minimum atomic E-state index is -0.884. The zero-order valence-electron chi connectivity index (χ0n) is 16.4. The third-order valence-electron chi connectivity index (χ3n) is 5.87. The van der Waals surface area contributed by atoms with Crippen molar-refractivity contribution in [3.63, 3.8) is 0 Å². The van der Waals surface area contributed by atoms with Crippen LogP contribution in [-0.4, -0.2) is 34.8 Å². The molecule has 0 saturated carbocycles. The lowest BCUT2D eigenvalue weighted by molar-refractivity contribution is -0.136. The van der Waals surface area contributed by atoms with Crippen LogP contribution in [0.15, 0.2) is 54.6 Å². The maximum atomic E-state index is 13.2. The molecule has 0 spiro atoms. The molecular weight excluding hydrogens is 396 g/mol. The Balaban J connectivity index is 1.60. The van der Waals surface area contributed by atoms with Crippen molar-refractivity contribution in [2.75, 3.05) is 4.90 Å². The highest BCUT2D eigenvalue weighted by molar-refractivity contribution is 6.28. The summed E-state index contributed by atoms with van der Waals surface area (Å²) >= 11 is 0. The van der Waals surface area contributed by atoms with Gasteiger partial charge in [-0.25, -0.2) is 0 Å². The van der Waals surface area contributed by atoms with Crippen molar-refractivity contribution in [2.24, 2.45) is 0 Å². The molecule has 1 unspecified atom stereocenters. The number of piperidine rings is 1. The van der Waals surface area contributed by atoms with E-state index in [-0.39, 0.29) is 24.7 Å². The Bertz CT molecular complexity index is 1280. The van der Waals surface area contributed by atoms with Crippen molar-refractivity contribution in [1.82, 2.24) is 5.32 Å². The number of amides is 3. The van der Waals surface area contributed by atoms with E-state index in [1.54, 1.807) is 18.2 Å². The summed E-state index contributed by atoms with van der Waals surface area (Å²) in [5.74, 6) is -1.91. The molecule has 3 aromatic rings. The van der Waals surface area contributed by atoms with Gasteiger partial charge in [0.2, 0.25) is 11.8 Å². The minimum Gasteiger partial charge on any atom is -0.481 e. The molecule has 2 aliphatic rings. The summed E-state index contributed by atoms with van der Waals surface area (Å²) in [6, 6.07) is 15.8. The molecule has 2 heterocycles. The largest absolute Gasteiger partial charge is 0.481 e. The van der Waals surface area contributed by atoms with Gasteiger partial charge < -0.3 is 5.11 Å². The molecular formula is C24H18N2O5. The van der Waals surface area contributed by atoms with Gasteiger partial charge in [0.15, 0.2) is 0 Å². The molecule has 3 amide bonds. The van der Waals surface area contributed by atoms with Crippen molar-refractivity contribution in [1.29, 1.82) is 0 Å². The average molecular weight is 414 g/mol. The first-order valence-corrected chi connectivity index (χ1v) is 9.98. The third-order valence-corrected chi connectivity index (χ3v) is 5.87. The molecule has 0 aliphatic carbocycles. The number of imide groups is 1. The summed E-state index contributed by atoms with van der Waals surface area (Å²) in [7, 11) is 0. The van der Waals surface area contributed by atoms with Crippen molar-refractivity contribution in [3.05, 3.63) is 65.7 Å². The maximum absolute atomic E-state index is 13.2. The van der Waals surface area contributed by atoms with Gasteiger partial charge in [-0.1, -0.05) is 42.5 Å². The van der Waals surface area contributed by atoms with E-state index in [1.165, 1.54) is 4.90 Å². The summed E-state index contributed by atoms with van der Waals surface area (Å²) in [4.78, 5) is 49.6. The highest BCUT2D eigenvalue weighted by Crippen LogP contribution is 2.43. The zero-order chi connectivity index (χ0) is 21.7. The molecule has 7 heteroatoms. The van der Waals surface area contributed by atoms with Gasteiger partial charge in [-0.3, -0.25) is 29.4 Å². The van der Waals surface area contributed by atoms with E-state index in [0.717, 1.165) is 21.9 Å². The lowest BCUT2D eigenvalue weighted by Gasteiger charge is -2.30. The Kier molecular flexibility index (Phi) is 4.32. The summed E-state index contributed by atoms with van der Waals surface area (Å²) in [5, 5.41) is 13.0. The van der Waals surface area contributed by atoms with Gasteiger partial charge in [0.05, 0.1) is 12.1 Å². The molecule has 5 rings (SSSR count). The van der Waals surface area contributed by atoms with E-state index in [0.29, 0.717) is 23.2 Å². The second kappa shape index (κ2) is 7.05. The number of carbonyl (C=O) groups is 4. The number of carboxylic acids is 1. The standard InChI is InChI=1S/C24H18N2O5/c27-20-11-10-19(23(30)25-20)26-18-9-8-15(14-6-4-13(5-7-14)12-21(28)29)16-2-1-3-17(22(16)18)24(26)31/h1-9,19H,10-12H2,(H,28,29)(H,25,27,30). The third kappa shape index (κ3) is 3.06. The van der Waals surface area contributed by atoms with E-state index >= 15 is 0 Å². The van der Waals surface area contributed by atoms with Gasteiger partial charge >= 0.3 is 5.97 Å². The first-order valence-electron chi connectivity index (χ1n) is 9.98. The summed E-state index contributed by atoms with van der Waals surface area (Å²) in [6.07, 6.45) is 0.443. The van der Waals surface area contributed by atoms with Gasteiger partial charge in [-0.2, -0.15) is 0 Å². The maximum Gasteiger partial charge on any atom is 0.307 e. The van der Waals surface area contributed by atoms with Crippen LogP contribution in [0.1, 0.15) is 28.8 Å². The molecule has 3 aromatic carbocycles. The molecule has 2 N–H and O–H groups in total. The van der Waals surface area contributed by atoms with E-state index in [2.05, 4.69) is 5.32 Å². The molecule has 2 aliphatic heterocycles. The molecule has 0 radical (unpaired) electrons. The molecule has 0 aromatic heterocycles. The normalized spacial score (nSPS) is 17.9. The Morgan fingerprint density at radius 1 is 1.00 bits per heavy atom. The van der Waals surface area contributed by atoms with Crippen LogP contribution in [0.2, 0.25) is 0 Å². The highest BCUT2D eigenvalue weighted by Gasteiger charge is 2.40. The van der Waals surface area contributed by atoms with Crippen molar-refractivity contribution in [2.45, 2.75) is 25.3 Å². The number of nitrogens with zero attached hydrogens (tertiary/aromatic N) is 1. The monoisotopic (exact) mass is 414 g/mol. The Morgan fingerprint density at radius 2 is 1.77 bits per heavy atom. The van der Waals surface area contributed by atoms with Crippen LogP contribution < -0.4 is 10.2 Å². The number of nitrogens with one attached hydrogen (secondary N) is 1. The number of carboxylic acid groups (broad SMARTS) is 1. The Morgan fingerprint density at radius 3 is 2.48 bits per heavy atom. The van der Waals surface area contributed by atoms with Gasteiger partial charge in [0.25, 0.3) is 5.91 Å². The second-order valence-electron chi connectivity index (χ2n) is 7.77. The fraction of sp³-hybridized carbons (Fsp3) is 0.167. The summed E-state index contributed by atoms with van der Waals surface area (Å²) < 4.78 is 0. The number of rotatable bonds is 4. The van der Waals surface area contributed by atoms with Crippen LogP contribution in [0.5, 0.6) is 0 Å². The topological polar surface area (TPSA) is 104 Å². The molecule has 31 heavy (non-hydrogen) atoms. The van der Waals surface area contributed by atoms with Crippen LogP contribution in [0.3, 0.4) is 0 Å². The van der Waals surface area contributed by atoms with Gasteiger partial charge in [-0.05, 0) is 40.6 Å². The minimum absolute atomic E-state index is 0.0421. The molecule has 7 nitrogen and oxygen atoms in total. The van der Waals surface area contributed by atoms with Crippen LogP contribution >= 0.6 is 0 Å². The van der Waals surface area contributed by atoms with Crippen LogP contribution in [0.25, 0.3) is 21.9 Å². The molecule has 1 fully saturated rings. The fourth-order valence-corrected chi connectivity index (χ4v) is 4.47. The summed E-state index contributed by atoms with van der Waals surface area (Å²) in [6.45, 7) is 0. The van der Waals surface area contributed by atoms with Gasteiger partial charge in [0.1, 0.15) is 6.04 Å². The second-order valence-corrected chi connectivity index (χ2v) is 7.77. The predicted molar refractivity (Wildman–Crippen MR) is 114 cm³/mol. The average Bonchev–Trinajstić information content (AvgIpc) is 3.02. The van der Waals surface area contributed by atoms with Crippen molar-refractivity contribution in [3.8, 4) is 11.1 Å². The Labute approximate surface area is 177 Å². The van der Waals surface area contributed by atoms with Gasteiger partial charge in [0, 0.05) is 17.4 Å². The predicted octanol–water partition coefficient (Wildman–Crippen LogP) is 2.90. The molecule has 1 atom stereocenters. The van der Waals surface area contributed by atoms with Crippen LogP contribution in [0.4, 0.5) is 5.69 Å². The Hall–Kier alpha value is -4.00. The lowest BCUT2D eigenvalue weighted by atomic mass is 9.95. The SMILES string of the molecule is O=C(O)Cc1ccc(-c2ccc3c4c(cccc24)C(=O)N3C2CCC(=O)NC2=O)cc1. The molecule has 154 valence electrons. The number of anilines is 1.